The summed E-state index contributed by atoms with van der Waals surface area (Å²) in [5.74, 6) is 0.579. The molecule has 1 rings (SSSR count). The van der Waals surface area contributed by atoms with E-state index in [9.17, 15) is 4.79 Å². The number of nitrogen functional groups attached to an aromatic ring is 1. The lowest BCUT2D eigenvalue weighted by atomic mass is 10.4. The van der Waals surface area contributed by atoms with Crippen LogP contribution in [0.5, 0.6) is 0 Å². The van der Waals surface area contributed by atoms with Crippen LogP contribution < -0.4 is 10.6 Å². The Balaban J connectivity index is 2.80. The van der Waals surface area contributed by atoms with Gasteiger partial charge in [-0.15, -0.1) is 0 Å². The molecule has 0 fully saturated rings. The SMILES string of the molecule is CN(C)C(=O)CN(C)c1cc(Cl)nc(N)n1. The molecule has 0 aliphatic heterocycles. The number of likely N-dealkylation sites (N-methyl/N-ethyl adjacent to an activating group) is 2. The summed E-state index contributed by atoms with van der Waals surface area (Å²) in [4.78, 5) is 22.4. The van der Waals surface area contributed by atoms with Crippen LogP contribution in [-0.2, 0) is 4.79 Å². The number of carbonyl (C=O) groups excluding carboxylic acids is 1. The molecule has 0 aromatic carbocycles. The van der Waals surface area contributed by atoms with Crippen LogP contribution in [0.1, 0.15) is 0 Å². The Labute approximate surface area is 99.0 Å². The number of rotatable bonds is 3. The quantitative estimate of drug-likeness (QED) is 0.770. The van der Waals surface area contributed by atoms with Crippen molar-refractivity contribution in [1.82, 2.24) is 14.9 Å². The average molecular weight is 244 g/mol. The van der Waals surface area contributed by atoms with E-state index in [0.717, 1.165) is 0 Å². The number of aromatic nitrogens is 2. The average Bonchev–Trinajstić information content (AvgIpc) is 2.15. The van der Waals surface area contributed by atoms with E-state index < -0.39 is 0 Å². The minimum absolute atomic E-state index is 0.0317. The Kier molecular flexibility index (Phi) is 3.89. The fourth-order valence-corrected chi connectivity index (χ4v) is 1.23. The zero-order valence-electron chi connectivity index (χ0n) is 9.44. The molecule has 0 spiro atoms. The lowest BCUT2D eigenvalue weighted by Crippen LogP contribution is -2.34. The standard InChI is InChI=1S/C9H14ClN5O/c1-14(2)8(16)5-15(3)7-4-6(10)12-9(11)13-7/h4H,5H2,1-3H3,(H2,11,12,13). The minimum atomic E-state index is -0.0317. The maximum absolute atomic E-state index is 11.5. The minimum Gasteiger partial charge on any atom is -0.368 e. The van der Waals surface area contributed by atoms with E-state index in [1.807, 2.05) is 0 Å². The van der Waals surface area contributed by atoms with Gasteiger partial charge in [-0.2, -0.15) is 4.98 Å². The van der Waals surface area contributed by atoms with Crippen LogP contribution in [0.3, 0.4) is 0 Å². The number of carbonyl (C=O) groups is 1. The van der Waals surface area contributed by atoms with Crippen LogP contribution in [0, 0.1) is 0 Å². The summed E-state index contributed by atoms with van der Waals surface area (Å²) in [6.45, 7) is 0.208. The molecule has 1 amide bonds. The number of nitrogens with two attached hydrogens (primary N) is 1. The number of nitrogens with zero attached hydrogens (tertiary/aromatic N) is 4. The third-order valence-electron chi connectivity index (χ3n) is 1.96. The second-order valence-corrected chi connectivity index (χ2v) is 3.94. The first-order valence-corrected chi connectivity index (χ1v) is 4.99. The van der Waals surface area contributed by atoms with Crippen LogP contribution in [0.4, 0.5) is 11.8 Å². The van der Waals surface area contributed by atoms with Gasteiger partial charge in [0.1, 0.15) is 11.0 Å². The number of hydrogen-bond donors (Lipinski definition) is 1. The first-order chi connectivity index (χ1) is 7.40. The molecule has 0 saturated carbocycles. The van der Waals surface area contributed by atoms with Crippen molar-refractivity contribution in [2.24, 2.45) is 0 Å². The molecule has 2 N–H and O–H groups in total. The molecule has 0 radical (unpaired) electrons. The highest BCUT2D eigenvalue weighted by Gasteiger charge is 2.11. The first kappa shape index (κ1) is 12.5. The summed E-state index contributed by atoms with van der Waals surface area (Å²) in [6, 6.07) is 1.56. The largest absolute Gasteiger partial charge is 0.368 e. The summed E-state index contributed by atoms with van der Waals surface area (Å²) < 4.78 is 0. The van der Waals surface area contributed by atoms with E-state index in [0.29, 0.717) is 5.82 Å². The number of anilines is 2. The van der Waals surface area contributed by atoms with E-state index in [2.05, 4.69) is 9.97 Å². The molecule has 0 atom stereocenters. The summed E-state index contributed by atoms with van der Waals surface area (Å²) in [6.07, 6.45) is 0. The van der Waals surface area contributed by atoms with Crippen molar-refractivity contribution < 1.29 is 4.79 Å². The van der Waals surface area contributed by atoms with Gasteiger partial charge in [0.05, 0.1) is 6.54 Å². The molecule has 1 aromatic heterocycles. The van der Waals surface area contributed by atoms with Gasteiger partial charge in [0.2, 0.25) is 11.9 Å². The van der Waals surface area contributed by atoms with Crippen molar-refractivity contribution >= 4 is 29.3 Å². The van der Waals surface area contributed by atoms with Crippen molar-refractivity contribution in [2.45, 2.75) is 0 Å². The lowest BCUT2D eigenvalue weighted by molar-refractivity contribution is -0.127. The van der Waals surface area contributed by atoms with Crippen molar-refractivity contribution in [2.75, 3.05) is 38.3 Å². The van der Waals surface area contributed by atoms with Gasteiger partial charge in [-0.25, -0.2) is 4.98 Å². The molecule has 88 valence electrons. The Morgan fingerprint density at radius 1 is 1.44 bits per heavy atom. The Bertz CT molecular complexity index is 375. The molecule has 0 bridgehead atoms. The van der Waals surface area contributed by atoms with Crippen LogP contribution in [-0.4, -0.2) is 48.5 Å². The summed E-state index contributed by atoms with van der Waals surface area (Å²) in [7, 11) is 5.12. The number of hydrogen-bond acceptors (Lipinski definition) is 5. The molecule has 0 aliphatic rings. The van der Waals surface area contributed by atoms with Crippen molar-refractivity contribution in [3.05, 3.63) is 11.2 Å². The molecule has 1 heterocycles. The van der Waals surface area contributed by atoms with Gasteiger partial charge in [0.15, 0.2) is 0 Å². The van der Waals surface area contributed by atoms with Crippen LogP contribution in [0.2, 0.25) is 5.15 Å². The van der Waals surface area contributed by atoms with Crippen LogP contribution >= 0.6 is 11.6 Å². The lowest BCUT2D eigenvalue weighted by Gasteiger charge is -2.20. The predicted octanol–water partition coefficient (Wildman–Crippen LogP) is 0.237. The monoisotopic (exact) mass is 243 g/mol. The summed E-state index contributed by atoms with van der Waals surface area (Å²) in [5, 5.41) is 0.256. The number of amides is 1. The third kappa shape index (κ3) is 3.23. The zero-order valence-corrected chi connectivity index (χ0v) is 10.2. The molecule has 1 aromatic rings. The predicted molar refractivity (Wildman–Crippen MR) is 63.4 cm³/mol. The van der Waals surface area contributed by atoms with Gasteiger partial charge in [0, 0.05) is 27.2 Å². The van der Waals surface area contributed by atoms with Crippen LogP contribution in [0.25, 0.3) is 0 Å². The number of halogens is 1. The molecule has 6 nitrogen and oxygen atoms in total. The molecule has 0 aliphatic carbocycles. The van der Waals surface area contributed by atoms with Crippen molar-refractivity contribution in [3.8, 4) is 0 Å². The van der Waals surface area contributed by atoms with Crippen molar-refractivity contribution in [1.29, 1.82) is 0 Å². The van der Waals surface area contributed by atoms with Gasteiger partial charge in [-0.1, -0.05) is 11.6 Å². The van der Waals surface area contributed by atoms with Gasteiger partial charge >= 0.3 is 0 Å². The van der Waals surface area contributed by atoms with E-state index in [1.165, 1.54) is 4.90 Å². The first-order valence-electron chi connectivity index (χ1n) is 4.61. The molecule has 7 heteroatoms. The molecule has 0 unspecified atom stereocenters. The Morgan fingerprint density at radius 3 is 2.56 bits per heavy atom. The third-order valence-corrected chi connectivity index (χ3v) is 2.15. The molecule has 0 saturated heterocycles. The van der Waals surface area contributed by atoms with Crippen LogP contribution in [0.15, 0.2) is 6.07 Å². The second kappa shape index (κ2) is 4.98. The van der Waals surface area contributed by atoms with E-state index >= 15 is 0 Å². The van der Waals surface area contributed by atoms with Crippen molar-refractivity contribution in [3.63, 3.8) is 0 Å². The summed E-state index contributed by atoms with van der Waals surface area (Å²) >= 11 is 5.74. The van der Waals surface area contributed by atoms with Gasteiger partial charge in [-0.3, -0.25) is 4.79 Å². The second-order valence-electron chi connectivity index (χ2n) is 3.55. The molecular weight excluding hydrogens is 230 g/mol. The maximum atomic E-state index is 11.5. The van der Waals surface area contributed by atoms with E-state index in [1.54, 1.807) is 32.1 Å². The van der Waals surface area contributed by atoms with Gasteiger partial charge in [0.25, 0.3) is 0 Å². The fourth-order valence-electron chi connectivity index (χ4n) is 1.04. The summed E-state index contributed by atoms with van der Waals surface area (Å²) in [5.41, 5.74) is 5.46. The fraction of sp³-hybridized carbons (Fsp3) is 0.444. The topological polar surface area (TPSA) is 75.4 Å². The van der Waals surface area contributed by atoms with E-state index in [-0.39, 0.29) is 23.6 Å². The molecular formula is C9H14ClN5O. The molecule has 16 heavy (non-hydrogen) atoms. The normalized spacial score (nSPS) is 10.0. The highest BCUT2D eigenvalue weighted by Crippen LogP contribution is 2.15. The Hall–Kier alpha value is -1.56. The van der Waals surface area contributed by atoms with E-state index in [4.69, 9.17) is 17.3 Å². The highest BCUT2D eigenvalue weighted by atomic mass is 35.5. The highest BCUT2D eigenvalue weighted by molar-refractivity contribution is 6.29. The van der Waals surface area contributed by atoms with Gasteiger partial charge < -0.3 is 15.5 Å². The smallest absolute Gasteiger partial charge is 0.241 e. The maximum Gasteiger partial charge on any atom is 0.241 e. The Morgan fingerprint density at radius 2 is 2.06 bits per heavy atom. The van der Waals surface area contributed by atoms with Gasteiger partial charge in [-0.05, 0) is 0 Å². The zero-order chi connectivity index (χ0) is 12.3.